The van der Waals surface area contributed by atoms with E-state index in [1.54, 1.807) is 76.9 Å². The maximum atomic E-state index is 15.3. The summed E-state index contributed by atoms with van der Waals surface area (Å²) in [7, 11) is 0. The van der Waals surface area contributed by atoms with E-state index >= 15 is 4.39 Å². The van der Waals surface area contributed by atoms with Crippen molar-refractivity contribution >= 4 is 40.9 Å². The van der Waals surface area contributed by atoms with Crippen molar-refractivity contribution in [2.45, 2.75) is 93.3 Å². The zero-order chi connectivity index (χ0) is 34.7. The SMILES string of the molecule is C/C=C(\CC)c1ccc(NC(=O)c2ccc(C3=CCN(/C(=N\C(=O)OC(C)(C)C)NC(=O)OC(C)(C)C)CC3)c(F)c2)cn1.CC. The second kappa shape index (κ2) is 16.7. The molecule has 0 bridgehead atoms. The molecule has 3 rings (SSSR count). The lowest BCUT2D eigenvalue weighted by atomic mass is 9.97. The van der Waals surface area contributed by atoms with Gasteiger partial charge in [-0.3, -0.25) is 15.1 Å². The third-order valence-corrected chi connectivity index (χ3v) is 6.37. The fourth-order valence-corrected chi connectivity index (χ4v) is 4.36. The molecule has 2 aromatic rings. The van der Waals surface area contributed by atoms with Gasteiger partial charge in [-0.2, -0.15) is 0 Å². The Hall–Kier alpha value is -4.54. The van der Waals surface area contributed by atoms with Gasteiger partial charge in [0.05, 0.1) is 17.6 Å². The standard InChI is InChI=1S/C33H42FN5O5.C2H6/c1-9-21(10-2)27-14-12-24(20-35-27)36-28(40)23-11-13-25(26(34)19-23)22-15-17-39(18-16-22)29(37-30(41)43-32(3,4)5)38-31(42)44-33(6,7)8;1-2/h9,11-15,19-20H,10,16-18H2,1-8H3,(H,36,40)(H,37,38,41,42);1-2H3/b21-9+;. The average Bonchev–Trinajstić information content (AvgIpc) is 2.97. The molecule has 0 saturated heterocycles. The Morgan fingerprint density at radius 3 is 2.22 bits per heavy atom. The molecular weight excluding hydrogens is 589 g/mol. The van der Waals surface area contributed by atoms with E-state index in [9.17, 15) is 14.4 Å². The largest absolute Gasteiger partial charge is 0.444 e. The molecule has 0 saturated carbocycles. The number of aromatic nitrogens is 1. The smallest absolute Gasteiger partial charge is 0.437 e. The highest BCUT2D eigenvalue weighted by Crippen LogP contribution is 2.26. The van der Waals surface area contributed by atoms with Crippen LogP contribution >= 0.6 is 0 Å². The quantitative estimate of drug-likeness (QED) is 0.250. The molecule has 0 aliphatic carbocycles. The van der Waals surface area contributed by atoms with Crippen LogP contribution in [0.1, 0.15) is 104 Å². The predicted molar refractivity (Wildman–Crippen MR) is 181 cm³/mol. The summed E-state index contributed by atoms with van der Waals surface area (Å²) < 4.78 is 25.9. The third kappa shape index (κ3) is 11.8. The van der Waals surface area contributed by atoms with Crippen molar-refractivity contribution in [3.63, 3.8) is 0 Å². The number of benzene rings is 1. The van der Waals surface area contributed by atoms with Crippen molar-refractivity contribution in [1.82, 2.24) is 15.2 Å². The van der Waals surface area contributed by atoms with Gasteiger partial charge in [0.1, 0.15) is 17.0 Å². The summed E-state index contributed by atoms with van der Waals surface area (Å²) in [5.74, 6) is -1.02. The minimum Gasteiger partial charge on any atom is -0.444 e. The number of hydrogen-bond donors (Lipinski definition) is 2. The number of guanidine groups is 1. The first-order valence-corrected chi connectivity index (χ1v) is 15.6. The Labute approximate surface area is 272 Å². The van der Waals surface area contributed by atoms with Crippen LogP contribution < -0.4 is 10.6 Å². The van der Waals surface area contributed by atoms with Crippen LogP contribution in [0.5, 0.6) is 0 Å². The first-order chi connectivity index (χ1) is 21.6. The van der Waals surface area contributed by atoms with Gasteiger partial charge in [0.2, 0.25) is 5.96 Å². The van der Waals surface area contributed by atoms with Gasteiger partial charge in [-0.25, -0.2) is 14.0 Å². The topological polar surface area (TPSA) is 122 Å². The molecule has 0 fully saturated rings. The Bertz CT molecular complexity index is 1470. The van der Waals surface area contributed by atoms with E-state index in [1.165, 1.54) is 6.07 Å². The van der Waals surface area contributed by atoms with Crippen molar-refractivity contribution in [3.8, 4) is 0 Å². The number of amides is 3. The minimum atomic E-state index is -0.867. The van der Waals surface area contributed by atoms with Gasteiger partial charge in [0.15, 0.2) is 0 Å². The molecule has 1 aliphatic heterocycles. The van der Waals surface area contributed by atoms with Crippen molar-refractivity contribution < 1.29 is 28.2 Å². The van der Waals surface area contributed by atoms with Gasteiger partial charge in [0, 0.05) is 24.2 Å². The average molecular weight is 638 g/mol. The highest BCUT2D eigenvalue weighted by Gasteiger charge is 2.25. The Morgan fingerprint density at radius 2 is 1.72 bits per heavy atom. The summed E-state index contributed by atoms with van der Waals surface area (Å²) >= 11 is 0. The van der Waals surface area contributed by atoms with Gasteiger partial charge in [-0.15, -0.1) is 4.99 Å². The van der Waals surface area contributed by atoms with Gasteiger partial charge in [0.25, 0.3) is 5.91 Å². The van der Waals surface area contributed by atoms with E-state index in [2.05, 4.69) is 20.6 Å². The number of pyridine rings is 1. The van der Waals surface area contributed by atoms with Gasteiger partial charge >= 0.3 is 12.2 Å². The first-order valence-electron chi connectivity index (χ1n) is 15.6. The lowest BCUT2D eigenvalue weighted by Crippen LogP contribution is -2.48. The molecule has 0 unspecified atom stereocenters. The summed E-state index contributed by atoms with van der Waals surface area (Å²) in [6.45, 7) is 18.8. The highest BCUT2D eigenvalue weighted by atomic mass is 19.1. The number of anilines is 1. The van der Waals surface area contributed by atoms with Crippen LogP contribution in [0.4, 0.5) is 19.7 Å². The van der Waals surface area contributed by atoms with Crippen molar-refractivity contribution in [3.05, 3.63) is 71.3 Å². The maximum absolute atomic E-state index is 15.3. The molecule has 2 N–H and O–H groups in total. The molecule has 0 radical (unpaired) electrons. The molecule has 46 heavy (non-hydrogen) atoms. The lowest BCUT2D eigenvalue weighted by Gasteiger charge is -2.30. The Kier molecular flexibility index (Phi) is 13.6. The first kappa shape index (κ1) is 37.6. The van der Waals surface area contributed by atoms with E-state index < -0.39 is 35.1 Å². The number of rotatable bonds is 5. The number of aliphatic imine (C=N–C) groups is 1. The van der Waals surface area contributed by atoms with Crippen LogP contribution in [0.25, 0.3) is 11.1 Å². The summed E-state index contributed by atoms with van der Waals surface area (Å²) in [6, 6.07) is 7.94. The number of allylic oxidation sites excluding steroid dienone is 2. The second-order valence-corrected chi connectivity index (χ2v) is 12.2. The summed E-state index contributed by atoms with van der Waals surface area (Å²) in [5.41, 5.74) is 2.16. The molecule has 11 heteroatoms. The van der Waals surface area contributed by atoms with Gasteiger partial charge in [-0.05, 0) is 96.7 Å². The Morgan fingerprint density at radius 1 is 1.04 bits per heavy atom. The number of alkyl carbamates (subject to hydrolysis) is 1. The van der Waals surface area contributed by atoms with Crippen LogP contribution in [-0.2, 0) is 9.47 Å². The molecule has 1 aromatic carbocycles. The van der Waals surface area contributed by atoms with Crippen LogP contribution in [-0.4, -0.2) is 58.2 Å². The summed E-state index contributed by atoms with van der Waals surface area (Å²) in [5, 5.41) is 5.30. The number of carbonyl (C=O) groups excluding carboxylic acids is 3. The third-order valence-electron chi connectivity index (χ3n) is 6.37. The van der Waals surface area contributed by atoms with Crippen LogP contribution in [0.2, 0.25) is 0 Å². The highest BCUT2D eigenvalue weighted by molar-refractivity contribution is 6.04. The van der Waals surface area contributed by atoms with Crippen molar-refractivity contribution in [2.75, 3.05) is 18.4 Å². The molecule has 1 aromatic heterocycles. The molecular formula is C35H48FN5O5. The molecule has 10 nitrogen and oxygen atoms in total. The van der Waals surface area contributed by atoms with Crippen LogP contribution in [0, 0.1) is 5.82 Å². The van der Waals surface area contributed by atoms with E-state index in [-0.39, 0.29) is 18.1 Å². The van der Waals surface area contributed by atoms with Crippen LogP contribution in [0.3, 0.4) is 0 Å². The van der Waals surface area contributed by atoms with Crippen molar-refractivity contribution in [1.29, 1.82) is 0 Å². The van der Waals surface area contributed by atoms with E-state index in [1.807, 2.05) is 39.8 Å². The zero-order valence-corrected chi connectivity index (χ0v) is 28.7. The van der Waals surface area contributed by atoms with E-state index in [0.29, 0.717) is 24.2 Å². The number of hydrogen-bond acceptors (Lipinski definition) is 6. The number of halogens is 1. The van der Waals surface area contributed by atoms with Crippen LogP contribution in [0.15, 0.2) is 53.7 Å². The lowest BCUT2D eigenvalue weighted by molar-refractivity contribution is 0.0554. The molecule has 1 aliphatic rings. The van der Waals surface area contributed by atoms with Crippen molar-refractivity contribution in [2.24, 2.45) is 4.99 Å². The molecule has 3 amide bonds. The summed E-state index contributed by atoms with van der Waals surface area (Å²) in [4.78, 5) is 47.8. The zero-order valence-electron chi connectivity index (χ0n) is 28.7. The molecule has 0 atom stereocenters. The monoisotopic (exact) mass is 637 g/mol. The molecule has 0 spiro atoms. The number of nitrogens with zero attached hydrogens (tertiary/aromatic N) is 3. The second-order valence-electron chi connectivity index (χ2n) is 12.2. The Balaban J connectivity index is 0.00000361. The number of carbonyl (C=O) groups is 3. The molecule has 2 heterocycles. The van der Waals surface area contributed by atoms with Gasteiger partial charge < -0.3 is 19.7 Å². The van der Waals surface area contributed by atoms with Gasteiger partial charge in [-0.1, -0.05) is 39.0 Å². The number of ether oxygens (including phenoxy) is 2. The summed E-state index contributed by atoms with van der Waals surface area (Å²) in [6.07, 6.45) is 4.95. The maximum Gasteiger partial charge on any atom is 0.437 e. The van der Waals surface area contributed by atoms with E-state index in [4.69, 9.17) is 9.47 Å². The van der Waals surface area contributed by atoms with E-state index in [0.717, 1.165) is 23.3 Å². The predicted octanol–water partition coefficient (Wildman–Crippen LogP) is 8.22. The molecule has 250 valence electrons. The fourth-order valence-electron chi connectivity index (χ4n) is 4.36. The normalized spacial score (nSPS) is 14.0. The number of nitrogens with one attached hydrogen (secondary N) is 2. The fraction of sp³-hybridized carbons (Fsp3) is 0.457. The minimum absolute atomic E-state index is 0.0320.